The highest BCUT2D eigenvalue weighted by Gasteiger charge is 2.41. The average molecular weight is 411 g/mol. The van der Waals surface area contributed by atoms with E-state index in [9.17, 15) is 9.59 Å². The highest BCUT2D eigenvalue weighted by atomic mass is 32.2. The van der Waals surface area contributed by atoms with Crippen LogP contribution in [0, 0.1) is 0 Å². The van der Waals surface area contributed by atoms with Gasteiger partial charge in [-0.25, -0.2) is 4.98 Å². The second-order valence-corrected chi connectivity index (χ2v) is 8.54. The summed E-state index contributed by atoms with van der Waals surface area (Å²) in [6.45, 7) is 4.43. The van der Waals surface area contributed by atoms with Gasteiger partial charge in [0.25, 0.3) is 5.56 Å². The topological polar surface area (TPSA) is 85.4 Å². The summed E-state index contributed by atoms with van der Waals surface area (Å²) in [4.78, 5) is 36.5. The third kappa shape index (κ3) is 3.69. The number of thioether (sulfide) groups is 1. The summed E-state index contributed by atoms with van der Waals surface area (Å²) in [6, 6.07) is 9.92. The number of rotatable bonds is 4. The molecule has 0 radical (unpaired) electrons. The number of fused-ring (bicyclic) bond motifs is 1. The number of hydrogen-bond acceptors (Lipinski definition) is 6. The molecule has 1 aliphatic rings. The molecule has 0 saturated carbocycles. The van der Waals surface area contributed by atoms with Crippen molar-refractivity contribution in [2.75, 3.05) is 5.75 Å². The Kier molecular flexibility index (Phi) is 4.99. The predicted molar refractivity (Wildman–Crippen MR) is 114 cm³/mol. The number of carbonyl (C=O) groups excluding carboxylic acids is 1. The maximum absolute atomic E-state index is 13.2. The van der Waals surface area contributed by atoms with Crippen LogP contribution in [0.1, 0.15) is 19.4 Å². The quantitative estimate of drug-likeness (QED) is 0.657. The van der Waals surface area contributed by atoms with Gasteiger partial charge in [-0.15, -0.1) is 0 Å². The summed E-state index contributed by atoms with van der Waals surface area (Å²) in [6.07, 6.45) is 2.88. The third-order valence-corrected chi connectivity index (χ3v) is 6.28. The van der Waals surface area contributed by atoms with Crippen molar-refractivity contribution in [1.29, 1.82) is 0 Å². The Bertz CT molecular complexity index is 1150. The highest BCUT2D eigenvalue weighted by molar-refractivity contribution is 8.14. The zero-order chi connectivity index (χ0) is 20.6. The van der Waals surface area contributed by atoms with Gasteiger partial charge in [-0.2, -0.15) is 5.10 Å². The van der Waals surface area contributed by atoms with E-state index in [0.717, 1.165) is 11.3 Å². The van der Waals surface area contributed by atoms with Crippen LogP contribution in [-0.2, 0) is 24.9 Å². The molecule has 0 atom stereocenters. The molecule has 1 aliphatic heterocycles. The van der Waals surface area contributed by atoms with Gasteiger partial charge in [0.15, 0.2) is 10.8 Å². The first-order chi connectivity index (χ1) is 13.9. The molecule has 3 aromatic rings. The lowest BCUT2D eigenvalue weighted by Crippen LogP contribution is -2.48. The molecule has 0 N–H and O–H groups in total. The van der Waals surface area contributed by atoms with E-state index in [0.29, 0.717) is 22.7 Å². The van der Waals surface area contributed by atoms with Crippen LogP contribution < -0.4 is 5.56 Å². The lowest BCUT2D eigenvalue weighted by molar-refractivity contribution is -0.130. The van der Waals surface area contributed by atoms with Crippen LogP contribution in [0.3, 0.4) is 0 Å². The van der Waals surface area contributed by atoms with Crippen LogP contribution in [0.4, 0.5) is 0 Å². The molecule has 150 valence electrons. The van der Waals surface area contributed by atoms with Gasteiger partial charge in [-0.05, 0) is 19.4 Å². The van der Waals surface area contributed by atoms with Crippen LogP contribution in [-0.4, -0.2) is 46.6 Å². The van der Waals surface area contributed by atoms with Gasteiger partial charge in [0.1, 0.15) is 18.3 Å². The maximum Gasteiger partial charge on any atom is 0.264 e. The maximum atomic E-state index is 13.2. The van der Waals surface area contributed by atoms with Crippen LogP contribution in [0.15, 0.2) is 52.6 Å². The van der Waals surface area contributed by atoms with Crippen molar-refractivity contribution in [3.63, 3.8) is 0 Å². The smallest absolute Gasteiger partial charge is 0.264 e. The molecule has 1 saturated heterocycles. The Balaban J connectivity index is 1.60. The lowest BCUT2D eigenvalue weighted by atomic mass is 10.1. The van der Waals surface area contributed by atoms with E-state index in [1.165, 1.54) is 21.8 Å². The Morgan fingerprint density at radius 2 is 2.03 bits per heavy atom. The standard InChI is InChI=1S/C20H22N6O2S/c1-20(2)12-29-19(21-9-14-7-5-4-6-8-14)26(20)16(27)11-25-13-22-17-15(18(25)28)10-23-24(17)3/h4-8,10,13H,9,11-12H2,1-3H3. The van der Waals surface area contributed by atoms with E-state index in [1.807, 2.05) is 44.2 Å². The average Bonchev–Trinajstić information content (AvgIpc) is 3.22. The summed E-state index contributed by atoms with van der Waals surface area (Å²) in [5, 5.41) is 5.15. The molecule has 29 heavy (non-hydrogen) atoms. The van der Waals surface area contributed by atoms with Gasteiger partial charge in [0, 0.05) is 12.8 Å². The van der Waals surface area contributed by atoms with Crippen molar-refractivity contribution in [2.45, 2.75) is 32.5 Å². The molecular weight excluding hydrogens is 388 g/mol. The SMILES string of the molecule is Cn1ncc2c(=O)n(CC(=O)N3C(=NCc4ccccc4)SCC3(C)C)cnc21. The Morgan fingerprint density at radius 1 is 1.28 bits per heavy atom. The van der Waals surface area contributed by atoms with Crippen LogP contribution in [0.25, 0.3) is 11.0 Å². The van der Waals surface area contributed by atoms with E-state index in [1.54, 1.807) is 23.7 Å². The fraction of sp³-hybridized carbons (Fsp3) is 0.350. The number of aliphatic imine (C=N–C) groups is 1. The second-order valence-electron chi connectivity index (χ2n) is 7.60. The first kappa shape index (κ1) is 19.4. The van der Waals surface area contributed by atoms with E-state index < -0.39 is 0 Å². The van der Waals surface area contributed by atoms with Crippen molar-refractivity contribution in [1.82, 2.24) is 24.2 Å². The molecule has 0 unspecified atom stereocenters. The molecule has 2 aromatic heterocycles. The van der Waals surface area contributed by atoms with Crippen LogP contribution >= 0.6 is 11.8 Å². The van der Waals surface area contributed by atoms with Gasteiger partial charge in [-0.3, -0.25) is 28.7 Å². The molecule has 9 heteroatoms. The Labute approximate surface area is 172 Å². The van der Waals surface area contributed by atoms with Crippen LogP contribution in [0.2, 0.25) is 0 Å². The second kappa shape index (κ2) is 7.47. The van der Waals surface area contributed by atoms with Gasteiger partial charge >= 0.3 is 0 Å². The molecule has 1 aromatic carbocycles. The summed E-state index contributed by atoms with van der Waals surface area (Å²) in [7, 11) is 1.73. The molecule has 0 spiro atoms. The first-order valence-electron chi connectivity index (χ1n) is 9.28. The largest absolute Gasteiger partial charge is 0.289 e. The van der Waals surface area contributed by atoms with Crippen molar-refractivity contribution < 1.29 is 4.79 Å². The van der Waals surface area contributed by atoms with Crippen LogP contribution in [0.5, 0.6) is 0 Å². The third-order valence-electron chi connectivity index (χ3n) is 4.86. The summed E-state index contributed by atoms with van der Waals surface area (Å²) < 4.78 is 2.87. The number of aromatic nitrogens is 4. The molecule has 1 fully saturated rings. The minimum atomic E-state index is -0.382. The fourth-order valence-electron chi connectivity index (χ4n) is 3.33. The normalized spacial score (nSPS) is 17.3. The van der Waals surface area contributed by atoms with Gasteiger partial charge < -0.3 is 0 Å². The minimum Gasteiger partial charge on any atom is -0.289 e. The molecule has 4 rings (SSSR count). The van der Waals surface area contributed by atoms with Crippen molar-refractivity contribution in [3.05, 3.63) is 58.8 Å². The van der Waals surface area contributed by atoms with E-state index in [-0.39, 0.29) is 23.6 Å². The number of hydrogen-bond donors (Lipinski definition) is 0. The molecule has 3 heterocycles. The zero-order valence-electron chi connectivity index (χ0n) is 16.6. The van der Waals surface area contributed by atoms with E-state index >= 15 is 0 Å². The Morgan fingerprint density at radius 3 is 2.79 bits per heavy atom. The molecule has 0 aliphatic carbocycles. The fourth-order valence-corrected chi connectivity index (χ4v) is 4.57. The van der Waals surface area contributed by atoms with Crippen molar-refractivity contribution >= 4 is 33.9 Å². The van der Waals surface area contributed by atoms with Crippen molar-refractivity contribution in [3.8, 4) is 0 Å². The van der Waals surface area contributed by atoms with Gasteiger partial charge in [-0.1, -0.05) is 42.1 Å². The number of carbonyl (C=O) groups is 1. The molecule has 0 bridgehead atoms. The monoisotopic (exact) mass is 410 g/mol. The predicted octanol–water partition coefficient (Wildman–Crippen LogP) is 2.04. The molecular formula is C20H22N6O2S. The number of benzene rings is 1. The summed E-state index contributed by atoms with van der Waals surface area (Å²) in [5.74, 6) is 0.570. The highest BCUT2D eigenvalue weighted by Crippen LogP contribution is 2.33. The number of aryl methyl sites for hydroxylation is 1. The van der Waals surface area contributed by atoms with E-state index in [4.69, 9.17) is 0 Å². The summed E-state index contributed by atoms with van der Waals surface area (Å²) in [5.41, 5.74) is 0.928. The van der Waals surface area contributed by atoms with E-state index in [2.05, 4.69) is 15.1 Å². The molecule has 1 amide bonds. The number of nitrogens with zero attached hydrogens (tertiary/aromatic N) is 6. The van der Waals surface area contributed by atoms with Gasteiger partial charge in [0.2, 0.25) is 5.91 Å². The minimum absolute atomic E-state index is 0.0922. The number of amidine groups is 1. The lowest BCUT2D eigenvalue weighted by Gasteiger charge is -2.30. The van der Waals surface area contributed by atoms with Crippen molar-refractivity contribution in [2.24, 2.45) is 12.0 Å². The summed E-state index contributed by atoms with van der Waals surface area (Å²) >= 11 is 1.56. The first-order valence-corrected chi connectivity index (χ1v) is 10.3. The Hall–Kier alpha value is -2.94. The molecule has 8 nitrogen and oxygen atoms in total. The zero-order valence-corrected chi connectivity index (χ0v) is 17.4. The van der Waals surface area contributed by atoms with Gasteiger partial charge in [0.05, 0.1) is 18.3 Å². The number of amides is 1.